The standard InChI is InChI=1S/C27H34N4O4/c1-17-5-7-20-23(17)24(29-16-28-20)31-15-27(19-13-18(14-22(32)33)6-8-21(19)31)9-11-30(12-10-27)25(34)35-26(2,3)4/h6,8,13,16-17H,5,7,9-12,14-15H2,1-4H3,(H,32,33)/t17-/m1/s1. The number of fused-ring (bicyclic) bond motifs is 3. The van der Waals surface area contributed by atoms with Crippen LogP contribution in [0.2, 0.25) is 0 Å². The Kier molecular flexibility index (Phi) is 5.73. The van der Waals surface area contributed by atoms with Crippen molar-refractivity contribution in [2.75, 3.05) is 24.5 Å². The first-order valence-electron chi connectivity index (χ1n) is 12.5. The Hall–Kier alpha value is -3.16. The Morgan fingerprint density at radius 1 is 1.20 bits per heavy atom. The molecule has 1 fully saturated rings. The van der Waals surface area contributed by atoms with Crippen LogP contribution in [0.25, 0.3) is 0 Å². The number of benzene rings is 1. The lowest BCUT2D eigenvalue weighted by atomic mass is 9.74. The van der Waals surface area contributed by atoms with Crippen molar-refractivity contribution in [3.05, 3.63) is 46.9 Å². The number of amides is 1. The first-order chi connectivity index (χ1) is 16.6. The van der Waals surface area contributed by atoms with Gasteiger partial charge in [-0.15, -0.1) is 0 Å². The molecule has 1 N–H and O–H groups in total. The number of carboxylic acid groups (broad SMARTS) is 1. The van der Waals surface area contributed by atoms with Crippen molar-refractivity contribution in [2.24, 2.45) is 0 Å². The SMILES string of the molecule is C[C@@H]1CCc2ncnc(N3CC4(CCN(C(=O)OC(C)(C)C)CC4)c4cc(CC(=O)O)ccc43)c21. The molecule has 1 amide bonds. The van der Waals surface area contributed by atoms with Gasteiger partial charge in [0.15, 0.2) is 0 Å². The van der Waals surface area contributed by atoms with Crippen molar-refractivity contribution in [1.29, 1.82) is 0 Å². The molecule has 0 bridgehead atoms. The van der Waals surface area contributed by atoms with Crippen LogP contribution in [0.15, 0.2) is 24.5 Å². The summed E-state index contributed by atoms with van der Waals surface area (Å²) in [6.07, 6.45) is 5.01. The number of nitrogens with zero attached hydrogens (tertiary/aromatic N) is 4. The second-order valence-electron chi connectivity index (χ2n) is 11.3. The number of likely N-dealkylation sites (tertiary alicyclic amines) is 1. The zero-order chi connectivity index (χ0) is 25.0. The largest absolute Gasteiger partial charge is 0.481 e. The first-order valence-corrected chi connectivity index (χ1v) is 12.5. The molecule has 1 atom stereocenters. The van der Waals surface area contributed by atoms with E-state index in [9.17, 15) is 14.7 Å². The van der Waals surface area contributed by atoms with E-state index in [0.717, 1.165) is 60.6 Å². The Balaban J connectivity index is 1.50. The van der Waals surface area contributed by atoms with Crippen molar-refractivity contribution < 1.29 is 19.4 Å². The fourth-order valence-electron chi connectivity index (χ4n) is 5.90. The molecule has 8 nitrogen and oxygen atoms in total. The molecule has 1 aromatic heterocycles. The van der Waals surface area contributed by atoms with Crippen LogP contribution in [0.4, 0.5) is 16.3 Å². The molecule has 186 valence electrons. The highest BCUT2D eigenvalue weighted by atomic mass is 16.6. The molecular weight excluding hydrogens is 444 g/mol. The number of aryl methyl sites for hydroxylation is 1. The van der Waals surface area contributed by atoms with Crippen LogP contribution in [0.3, 0.4) is 0 Å². The minimum atomic E-state index is -0.837. The van der Waals surface area contributed by atoms with E-state index in [1.54, 1.807) is 11.2 Å². The third-order valence-electron chi connectivity index (χ3n) is 7.62. The Bertz CT molecular complexity index is 1160. The van der Waals surface area contributed by atoms with Crippen LogP contribution >= 0.6 is 0 Å². The van der Waals surface area contributed by atoms with Crippen LogP contribution in [0.5, 0.6) is 0 Å². The van der Waals surface area contributed by atoms with Gasteiger partial charge in [-0.3, -0.25) is 4.79 Å². The molecule has 3 aliphatic rings. The van der Waals surface area contributed by atoms with Crippen LogP contribution in [-0.2, 0) is 27.8 Å². The highest BCUT2D eigenvalue weighted by molar-refractivity contribution is 5.76. The quantitative estimate of drug-likeness (QED) is 0.690. The van der Waals surface area contributed by atoms with Crippen molar-refractivity contribution >= 4 is 23.6 Å². The van der Waals surface area contributed by atoms with Crippen molar-refractivity contribution in [1.82, 2.24) is 14.9 Å². The molecule has 35 heavy (non-hydrogen) atoms. The van der Waals surface area contributed by atoms with Crippen LogP contribution in [-0.4, -0.2) is 57.3 Å². The molecule has 1 aliphatic carbocycles. The number of rotatable bonds is 3. The van der Waals surface area contributed by atoms with Gasteiger partial charge < -0.3 is 19.6 Å². The average Bonchev–Trinajstić information content (AvgIpc) is 3.31. The number of carbonyl (C=O) groups excluding carboxylic acids is 1. The van der Waals surface area contributed by atoms with Gasteiger partial charge in [0.2, 0.25) is 0 Å². The van der Waals surface area contributed by atoms with E-state index >= 15 is 0 Å². The number of ether oxygens (including phenoxy) is 1. The molecule has 0 saturated carbocycles. The minimum Gasteiger partial charge on any atom is -0.481 e. The summed E-state index contributed by atoms with van der Waals surface area (Å²) in [7, 11) is 0. The van der Waals surface area contributed by atoms with Gasteiger partial charge in [0.1, 0.15) is 17.7 Å². The molecule has 1 spiro atoms. The van der Waals surface area contributed by atoms with Crippen molar-refractivity contribution in [2.45, 2.75) is 76.7 Å². The van der Waals surface area contributed by atoms with Gasteiger partial charge in [0.25, 0.3) is 0 Å². The van der Waals surface area contributed by atoms with Crippen molar-refractivity contribution in [3.63, 3.8) is 0 Å². The molecule has 1 aromatic carbocycles. The second-order valence-corrected chi connectivity index (χ2v) is 11.3. The van der Waals surface area contributed by atoms with Crippen LogP contribution in [0, 0.1) is 0 Å². The maximum atomic E-state index is 12.7. The topological polar surface area (TPSA) is 95.9 Å². The smallest absolute Gasteiger partial charge is 0.410 e. The van der Waals surface area contributed by atoms with Gasteiger partial charge in [0.05, 0.1) is 6.42 Å². The molecule has 3 heterocycles. The maximum absolute atomic E-state index is 12.7. The molecule has 5 rings (SSSR count). The van der Waals surface area contributed by atoms with Gasteiger partial charge in [-0.25, -0.2) is 14.8 Å². The summed E-state index contributed by atoms with van der Waals surface area (Å²) in [5, 5.41) is 9.39. The fraction of sp³-hybridized carbons (Fsp3) is 0.556. The first kappa shape index (κ1) is 23.6. The Morgan fingerprint density at radius 2 is 1.94 bits per heavy atom. The lowest BCUT2D eigenvalue weighted by Crippen LogP contribution is -2.48. The van der Waals surface area contributed by atoms with E-state index < -0.39 is 11.6 Å². The van der Waals surface area contributed by atoms with E-state index in [0.29, 0.717) is 19.0 Å². The normalized spacial score (nSPS) is 20.6. The summed E-state index contributed by atoms with van der Waals surface area (Å²) in [5.74, 6) is 0.538. The summed E-state index contributed by atoms with van der Waals surface area (Å²) in [6, 6.07) is 6.04. The number of anilines is 2. The van der Waals surface area contributed by atoms with E-state index in [-0.39, 0.29) is 17.9 Å². The number of piperidine rings is 1. The number of carboxylic acids is 1. The molecule has 2 aliphatic heterocycles. The minimum absolute atomic E-state index is 0.00661. The van der Waals surface area contributed by atoms with Crippen molar-refractivity contribution in [3.8, 4) is 0 Å². The van der Waals surface area contributed by atoms with Gasteiger partial charge >= 0.3 is 12.1 Å². The monoisotopic (exact) mass is 478 g/mol. The molecule has 8 heteroatoms. The van der Waals surface area contributed by atoms with Gasteiger partial charge in [-0.05, 0) is 69.6 Å². The van der Waals surface area contributed by atoms with Gasteiger partial charge in [0, 0.05) is 42.0 Å². The number of hydrogen-bond acceptors (Lipinski definition) is 6. The third-order valence-corrected chi connectivity index (χ3v) is 7.62. The molecule has 0 unspecified atom stereocenters. The maximum Gasteiger partial charge on any atom is 0.410 e. The predicted molar refractivity (Wildman–Crippen MR) is 132 cm³/mol. The van der Waals surface area contributed by atoms with Crippen LogP contribution in [0.1, 0.15) is 75.3 Å². The predicted octanol–water partition coefficient (Wildman–Crippen LogP) is 4.57. The highest BCUT2D eigenvalue weighted by Gasteiger charge is 2.47. The van der Waals surface area contributed by atoms with Gasteiger partial charge in [-0.1, -0.05) is 19.1 Å². The lowest BCUT2D eigenvalue weighted by Gasteiger charge is -2.40. The van der Waals surface area contributed by atoms with E-state index in [1.165, 1.54) is 5.56 Å². The fourth-order valence-corrected chi connectivity index (χ4v) is 5.90. The molecular formula is C27H34N4O4. The average molecular weight is 479 g/mol. The highest BCUT2D eigenvalue weighted by Crippen LogP contribution is 2.51. The van der Waals surface area contributed by atoms with Crippen LogP contribution < -0.4 is 4.90 Å². The summed E-state index contributed by atoms with van der Waals surface area (Å²) in [6.45, 7) is 9.84. The zero-order valence-electron chi connectivity index (χ0n) is 21.0. The second kappa shape index (κ2) is 8.50. The zero-order valence-corrected chi connectivity index (χ0v) is 21.0. The number of aliphatic carboxylic acids is 1. The van der Waals surface area contributed by atoms with E-state index in [4.69, 9.17) is 9.72 Å². The summed E-state index contributed by atoms with van der Waals surface area (Å²) >= 11 is 0. The summed E-state index contributed by atoms with van der Waals surface area (Å²) in [4.78, 5) is 37.5. The summed E-state index contributed by atoms with van der Waals surface area (Å²) < 4.78 is 5.61. The Labute approximate surface area is 206 Å². The molecule has 2 aromatic rings. The Morgan fingerprint density at radius 3 is 2.63 bits per heavy atom. The molecule has 1 saturated heterocycles. The number of hydrogen-bond donors (Lipinski definition) is 1. The number of aromatic nitrogens is 2. The number of carbonyl (C=O) groups is 2. The third kappa shape index (κ3) is 4.34. The summed E-state index contributed by atoms with van der Waals surface area (Å²) in [5.41, 5.74) is 4.71. The van der Waals surface area contributed by atoms with Gasteiger partial charge in [-0.2, -0.15) is 0 Å². The van der Waals surface area contributed by atoms with E-state index in [2.05, 4.69) is 28.9 Å². The van der Waals surface area contributed by atoms with E-state index in [1.807, 2.05) is 26.8 Å². The molecule has 0 radical (unpaired) electrons. The lowest BCUT2D eigenvalue weighted by molar-refractivity contribution is -0.136.